The number of benzene rings is 1. The Kier molecular flexibility index (Phi) is 4.84. The summed E-state index contributed by atoms with van der Waals surface area (Å²) in [6.07, 6.45) is 3.50. The van der Waals surface area contributed by atoms with Crippen LogP contribution in [0.1, 0.15) is 36.0 Å². The highest BCUT2D eigenvalue weighted by Crippen LogP contribution is 2.25. The van der Waals surface area contributed by atoms with Crippen LogP contribution in [0.15, 0.2) is 18.2 Å². The third-order valence-corrected chi connectivity index (χ3v) is 3.84. The molecule has 5 heteroatoms. The lowest BCUT2D eigenvalue weighted by atomic mass is 9.86. The first-order valence-electron chi connectivity index (χ1n) is 6.95. The number of carbonyl (C=O) groups is 1. The number of ether oxygens (including phenoxy) is 1. The largest absolute Gasteiger partial charge is 0.507 e. The molecule has 1 aliphatic carbocycles. The molecule has 0 radical (unpaired) electrons. The van der Waals surface area contributed by atoms with E-state index in [0.29, 0.717) is 12.3 Å². The van der Waals surface area contributed by atoms with Gasteiger partial charge in [-0.05, 0) is 31.0 Å². The highest BCUT2D eigenvalue weighted by molar-refractivity contribution is 5.97. The van der Waals surface area contributed by atoms with Crippen LogP contribution in [0, 0.1) is 5.92 Å². The molecular weight excluding hydrogens is 258 g/mol. The summed E-state index contributed by atoms with van der Waals surface area (Å²) >= 11 is 0. The Balaban J connectivity index is 1.97. The topological polar surface area (TPSA) is 78.8 Å². The first kappa shape index (κ1) is 14.7. The maximum Gasteiger partial charge on any atom is 0.255 e. The van der Waals surface area contributed by atoms with E-state index in [2.05, 4.69) is 5.32 Å². The zero-order valence-corrected chi connectivity index (χ0v) is 11.6. The van der Waals surface area contributed by atoms with Crippen LogP contribution in [-0.2, 0) is 0 Å². The van der Waals surface area contributed by atoms with Gasteiger partial charge >= 0.3 is 0 Å². The normalized spacial score (nSPS) is 22.3. The van der Waals surface area contributed by atoms with Crippen molar-refractivity contribution in [2.24, 2.45) is 5.92 Å². The van der Waals surface area contributed by atoms with E-state index in [0.717, 1.165) is 25.7 Å². The first-order chi connectivity index (χ1) is 9.61. The molecule has 2 atom stereocenters. The Morgan fingerprint density at radius 3 is 2.85 bits per heavy atom. The molecule has 2 rings (SSSR count). The molecule has 5 nitrogen and oxygen atoms in total. The van der Waals surface area contributed by atoms with Crippen molar-refractivity contribution in [1.29, 1.82) is 0 Å². The fourth-order valence-corrected chi connectivity index (χ4v) is 2.57. The molecule has 20 heavy (non-hydrogen) atoms. The zero-order valence-electron chi connectivity index (χ0n) is 11.6. The average molecular weight is 279 g/mol. The van der Waals surface area contributed by atoms with E-state index in [4.69, 9.17) is 4.74 Å². The predicted molar refractivity (Wildman–Crippen MR) is 75.0 cm³/mol. The summed E-state index contributed by atoms with van der Waals surface area (Å²) in [5.41, 5.74) is 0.189. The number of carbonyl (C=O) groups excluding carboxylic acids is 1. The number of rotatable bonds is 4. The van der Waals surface area contributed by atoms with Crippen molar-refractivity contribution < 1.29 is 19.7 Å². The van der Waals surface area contributed by atoms with E-state index in [-0.39, 0.29) is 29.2 Å². The Morgan fingerprint density at radius 2 is 2.15 bits per heavy atom. The fraction of sp³-hybridized carbons (Fsp3) is 0.533. The summed E-state index contributed by atoms with van der Waals surface area (Å²) in [5, 5.41) is 22.4. The molecular formula is C15H21NO4. The summed E-state index contributed by atoms with van der Waals surface area (Å²) in [6.45, 7) is 0.427. The highest BCUT2D eigenvalue weighted by Gasteiger charge is 2.24. The SMILES string of the molecule is COc1ccc(O)c(C(=O)NCC2CCCCC2O)c1. The molecule has 3 N–H and O–H groups in total. The number of aliphatic hydroxyl groups excluding tert-OH is 1. The molecule has 1 aromatic carbocycles. The van der Waals surface area contributed by atoms with Crippen molar-refractivity contribution in [2.75, 3.05) is 13.7 Å². The molecule has 1 amide bonds. The molecule has 0 heterocycles. The maximum absolute atomic E-state index is 12.1. The Morgan fingerprint density at radius 1 is 1.40 bits per heavy atom. The van der Waals surface area contributed by atoms with E-state index in [1.165, 1.54) is 19.2 Å². The van der Waals surface area contributed by atoms with Crippen molar-refractivity contribution >= 4 is 5.91 Å². The van der Waals surface area contributed by atoms with Gasteiger partial charge in [0.05, 0.1) is 18.8 Å². The monoisotopic (exact) mass is 279 g/mol. The minimum atomic E-state index is -0.348. The third kappa shape index (κ3) is 3.42. The van der Waals surface area contributed by atoms with Crippen molar-refractivity contribution in [2.45, 2.75) is 31.8 Å². The van der Waals surface area contributed by atoms with Crippen molar-refractivity contribution in [1.82, 2.24) is 5.32 Å². The van der Waals surface area contributed by atoms with Crippen LogP contribution in [0.5, 0.6) is 11.5 Å². The molecule has 0 aromatic heterocycles. The zero-order chi connectivity index (χ0) is 14.5. The van der Waals surface area contributed by atoms with Gasteiger partial charge in [-0.25, -0.2) is 0 Å². The van der Waals surface area contributed by atoms with Crippen molar-refractivity contribution in [3.8, 4) is 11.5 Å². The predicted octanol–water partition coefficient (Wildman–Crippen LogP) is 1.68. The molecule has 2 unspecified atom stereocenters. The van der Waals surface area contributed by atoms with E-state index < -0.39 is 0 Å². The number of nitrogens with one attached hydrogen (secondary N) is 1. The molecule has 0 aliphatic heterocycles. The summed E-state index contributed by atoms with van der Waals surface area (Å²) in [7, 11) is 1.51. The Hall–Kier alpha value is -1.75. The lowest BCUT2D eigenvalue weighted by molar-refractivity contribution is 0.0662. The van der Waals surface area contributed by atoms with Crippen LogP contribution in [0.3, 0.4) is 0 Å². The standard InChI is InChI=1S/C15H21NO4/c1-20-11-6-7-14(18)12(8-11)15(19)16-9-10-4-2-3-5-13(10)17/h6-8,10,13,17-18H,2-5,9H2,1H3,(H,16,19). The molecule has 1 aliphatic rings. The van der Waals surface area contributed by atoms with Crippen LogP contribution in [0.25, 0.3) is 0 Å². The van der Waals surface area contributed by atoms with Crippen LogP contribution in [0.2, 0.25) is 0 Å². The summed E-state index contributed by atoms with van der Waals surface area (Å²) in [4.78, 5) is 12.1. The van der Waals surface area contributed by atoms with Gasteiger partial charge < -0.3 is 20.3 Å². The average Bonchev–Trinajstić information content (AvgIpc) is 2.46. The quantitative estimate of drug-likeness (QED) is 0.783. The van der Waals surface area contributed by atoms with Crippen molar-refractivity contribution in [3.05, 3.63) is 23.8 Å². The smallest absolute Gasteiger partial charge is 0.255 e. The van der Waals surface area contributed by atoms with Crippen LogP contribution in [-0.4, -0.2) is 35.9 Å². The van der Waals surface area contributed by atoms with Gasteiger partial charge in [-0.15, -0.1) is 0 Å². The number of methoxy groups -OCH3 is 1. The molecule has 1 aromatic rings. The molecule has 0 spiro atoms. The summed E-state index contributed by atoms with van der Waals surface area (Å²) in [6, 6.07) is 4.53. The highest BCUT2D eigenvalue weighted by atomic mass is 16.5. The summed E-state index contributed by atoms with van der Waals surface area (Å²) in [5.74, 6) is 0.192. The second kappa shape index (κ2) is 6.61. The van der Waals surface area contributed by atoms with Gasteiger partial charge in [0.25, 0.3) is 5.91 Å². The number of phenolic OH excluding ortho intramolecular Hbond substituents is 1. The second-order valence-corrected chi connectivity index (χ2v) is 5.20. The summed E-state index contributed by atoms with van der Waals surface area (Å²) < 4.78 is 5.04. The minimum Gasteiger partial charge on any atom is -0.507 e. The number of amides is 1. The van der Waals surface area contributed by atoms with Crippen LogP contribution >= 0.6 is 0 Å². The number of aromatic hydroxyl groups is 1. The maximum atomic E-state index is 12.1. The van der Waals surface area contributed by atoms with Crippen LogP contribution < -0.4 is 10.1 Å². The molecule has 1 saturated carbocycles. The van der Waals surface area contributed by atoms with Gasteiger partial charge in [-0.2, -0.15) is 0 Å². The van der Waals surface area contributed by atoms with Gasteiger partial charge in [0, 0.05) is 12.5 Å². The van der Waals surface area contributed by atoms with E-state index in [9.17, 15) is 15.0 Å². The van der Waals surface area contributed by atoms with Gasteiger partial charge in [-0.1, -0.05) is 12.8 Å². The second-order valence-electron chi connectivity index (χ2n) is 5.20. The lowest BCUT2D eigenvalue weighted by Gasteiger charge is -2.27. The van der Waals surface area contributed by atoms with Gasteiger partial charge in [0.1, 0.15) is 11.5 Å². The molecule has 110 valence electrons. The van der Waals surface area contributed by atoms with Gasteiger partial charge in [0.2, 0.25) is 0 Å². The Labute approximate surface area is 118 Å². The molecule has 0 bridgehead atoms. The fourth-order valence-electron chi connectivity index (χ4n) is 2.57. The van der Waals surface area contributed by atoms with E-state index >= 15 is 0 Å². The first-order valence-corrected chi connectivity index (χ1v) is 6.95. The van der Waals surface area contributed by atoms with Crippen LogP contribution in [0.4, 0.5) is 0 Å². The molecule has 0 saturated heterocycles. The van der Waals surface area contributed by atoms with E-state index in [1.807, 2.05) is 0 Å². The van der Waals surface area contributed by atoms with Gasteiger partial charge in [0.15, 0.2) is 0 Å². The lowest BCUT2D eigenvalue weighted by Crippen LogP contribution is -2.36. The van der Waals surface area contributed by atoms with Crippen molar-refractivity contribution in [3.63, 3.8) is 0 Å². The third-order valence-electron chi connectivity index (χ3n) is 3.84. The molecule has 1 fully saturated rings. The number of aliphatic hydroxyl groups is 1. The number of hydrogen-bond acceptors (Lipinski definition) is 4. The Bertz CT molecular complexity index is 475. The van der Waals surface area contributed by atoms with E-state index in [1.54, 1.807) is 6.07 Å². The van der Waals surface area contributed by atoms with Gasteiger partial charge in [-0.3, -0.25) is 4.79 Å². The number of hydrogen-bond donors (Lipinski definition) is 3. The number of phenols is 1. The minimum absolute atomic E-state index is 0.0764.